The molecule has 1 aromatic heterocycles. The Morgan fingerprint density at radius 1 is 1.33 bits per heavy atom. The lowest BCUT2D eigenvalue weighted by Crippen LogP contribution is -2.17. The van der Waals surface area contributed by atoms with Crippen molar-refractivity contribution in [2.45, 2.75) is 5.03 Å². The Kier molecular flexibility index (Phi) is 1.61. The van der Waals surface area contributed by atoms with Crippen LogP contribution in [0.3, 0.4) is 0 Å². The van der Waals surface area contributed by atoms with Crippen molar-refractivity contribution >= 4 is 29.1 Å². The van der Waals surface area contributed by atoms with E-state index in [0.29, 0.717) is 23.1 Å². The molecule has 4 N–H and O–H groups in total. The van der Waals surface area contributed by atoms with E-state index in [1.54, 1.807) is 0 Å². The van der Waals surface area contributed by atoms with Gasteiger partial charge in [0, 0.05) is 0 Å². The number of rotatable bonds is 0. The highest BCUT2D eigenvalue weighted by molar-refractivity contribution is 8.00. The maximum atomic E-state index is 5.58. The zero-order valence-corrected chi connectivity index (χ0v) is 7.01. The van der Waals surface area contributed by atoms with Gasteiger partial charge in [0.2, 0.25) is 0 Å². The molecule has 6 heteroatoms. The fourth-order valence-corrected chi connectivity index (χ4v) is 1.66. The molecular weight excluding hydrogens is 174 g/mol. The molecule has 0 atom stereocenters. The largest absolute Gasteiger partial charge is 0.386 e. The number of nitrogens with zero attached hydrogens (tertiary/aromatic N) is 3. The molecule has 62 valence electrons. The van der Waals surface area contributed by atoms with Crippen molar-refractivity contribution in [3.8, 4) is 0 Å². The lowest BCUT2D eigenvalue weighted by Gasteiger charge is -2.11. The SMILES string of the molecule is NC1=Nc2c(N)ncnc2SC1. The number of anilines is 1. The fraction of sp³-hybridized carbons (Fsp3) is 0.167. The number of hydrogen-bond donors (Lipinski definition) is 2. The van der Waals surface area contributed by atoms with Gasteiger partial charge in [-0.1, -0.05) is 11.8 Å². The highest BCUT2D eigenvalue weighted by atomic mass is 32.2. The molecule has 0 saturated carbocycles. The summed E-state index contributed by atoms with van der Waals surface area (Å²) in [5.74, 6) is 1.62. The van der Waals surface area contributed by atoms with Crippen molar-refractivity contribution in [2.75, 3.05) is 11.5 Å². The predicted molar refractivity (Wildman–Crippen MR) is 48.5 cm³/mol. The second kappa shape index (κ2) is 2.63. The molecule has 0 fully saturated rings. The molecule has 2 heterocycles. The molecule has 1 aromatic rings. The van der Waals surface area contributed by atoms with Gasteiger partial charge in [0.05, 0.1) is 5.75 Å². The maximum Gasteiger partial charge on any atom is 0.154 e. The standard InChI is InChI=1S/C6H7N5S/c7-3-1-12-6-4(11-3)5(8)9-2-10-6/h2H,1H2,(H2,7,11)(H2,8,9,10). The summed E-state index contributed by atoms with van der Waals surface area (Å²) >= 11 is 1.52. The Bertz CT molecular complexity index is 348. The minimum absolute atomic E-state index is 0.384. The highest BCUT2D eigenvalue weighted by Gasteiger charge is 2.14. The van der Waals surface area contributed by atoms with Crippen LogP contribution in [0.1, 0.15) is 0 Å². The number of nitrogens with two attached hydrogens (primary N) is 2. The van der Waals surface area contributed by atoms with E-state index < -0.39 is 0 Å². The number of nitrogen functional groups attached to an aromatic ring is 1. The van der Waals surface area contributed by atoms with Gasteiger partial charge >= 0.3 is 0 Å². The molecule has 2 rings (SSSR count). The summed E-state index contributed by atoms with van der Waals surface area (Å²) in [4.78, 5) is 11.9. The van der Waals surface area contributed by atoms with Gasteiger partial charge in [0.15, 0.2) is 5.82 Å². The monoisotopic (exact) mass is 181 g/mol. The van der Waals surface area contributed by atoms with E-state index in [1.165, 1.54) is 18.1 Å². The minimum Gasteiger partial charge on any atom is -0.386 e. The molecule has 0 aliphatic carbocycles. The minimum atomic E-state index is 0.384. The third-order valence-electron chi connectivity index (χ3n) is 1.43. The van der Waals surface area contributed by atoms with E-state index in [4.69, 9.17) is 11.5 Å². The third-order valence-corrected chi connectivity index (χ3v) is 2.44. The Balaban J connectivity index is 2.59. The summed E-state index contributed by atoms with van der Waals surface area (Å²) in [6, 6.07) is 0. The number of fused-ring (bicyclic) bond motifs is 1. The van der Waals surface area contributed by atoms with Crippen LogP contribution in [0.15, 0.2) is 16.3 Å². The first kappa shape index (κ1) is 7.35. The number of amidine groups is 1. The Morgan fingerprint density at radius 2 is 2.17 bits per heavy atom. The van der Waals surface area contributed by atoms with E-state index in [2.05, 4.69) is 15.0 Å². The average Bonchev–Trinajstić information content (AvgIpc) is 2.07. The first-order chi connectivity index (χ1) is 5.77. The molecule has 0 aromatic carbocycles. The molecule has 0 unspecified atom stereocenters. The van der Waals surface area contributed by atoms with Gasteiger partial charge in [-0.2, -0.15) is 0 Å². The van der Waals surface area contributed by atoms with Gasteiger partial charge < -0.3 is 11.5 Å². The summed E-state index contributed by atoms with van der Waals surface area (Å²) < 4.78 is 0. The zero-order valence-electron chi connectivity index (χ0n) is 6.19. The van der Waals surface area contributed by atoms with Crippen molar-refractivity contribution < 1.29 is 0 Å². The van der Waals surface area contributed by atoms with Crippen LogP contribution in [0.25, 0.3) is 0 Å². The fourth-order valence-electron chi connectivity index (χ4n) is 0.904. The van der Waals surface area contributed by atoms with Gasteiger partial charge in [-0.05, 0) is 0 Å². The summed E-state index contributed by atoms with van der Waals surface area (Å²) in [7, 11) is 0. The quantitative estimate of drug-likeness (QED) is 0.556. The number of aromatic nitrogens is 2. The average molecular weight is 181 g/mol. The molecule has 0 spiro atoms. The summed E-state index contributed by atoms with van der Waals surface area (Å²) in [6.45, 7) is 0. The van der Waals surface area contributed by atoms with Crippen molar-refractivity contribution in [3.05, 3.63) is 6.33 Å². The second-order valence-electron chi connectivity index (χ2n) is 2.30. The van der Waals surface area contributed by atoms with E-state index in [0.717, 1.165) is 5.03 Å². The van der Waals surface area contributed by atoms with Crippen molar-refractivity contribution in [1.29, 1.82) is 0 Å². The normalized spacial score (nSPS) is 15.2. The van der Waals surface area contributed by atoms with E-state index in [9.17, 15) is 0 Å². The highest BCUT2D eigenvalue weighted by Crippen LogP contribution is 2.33. The summed E-state index contributed by atoms with van der Waals surface area (Å²) in [5, 5.41) is 0.803. The number of aliphatic imine (C=N–C) groups is 1. The van der Waals surface area contributed by atoms with E-state index >= 15 is 0 Å². The van der Waals surface area contributed by atoms with Gasteiger partial charge in [0.1, 0.15) is 22.9 Å². The van der Waals surface area contributed by atoms with Gasteiger partial charge in [0.25, 0.3) is 0 Å². The van der Waals surface area contributed by atoms with Crippen LogP contribution in [0.4, 0.5) is 11.5 Å². The smallest absolute Gasteiger partial charge is 0.154 e. The Morgan fingerprint density at radius 3 is 3.00 bits per heavy atom. The van der Waals surface area contributed by atoms with Crippen molar-refractivity contribution in [3.63, 3.8) is 0 Å². The molecular formula is C6H7N5S. The van der Waals surface area contributed by atoms with Crippen molar-refractivity contribution in [1.82, 2.24) is 9.97 Å². The van der Waals surface area contributed by atoms with Crippen LogP contribution in [-0.4, -0.2) is 21.6 Å². The molecule has 0 amide bonds. The van der Waals surface area contributed by atoms with Crippen LogP contribution in [-0.2, 0) is 0 Å². The van der Waals surface area contributed by atoms with Crippen molar-refractivity contribution in [2.24, 2.45) is 10.7 Å². The van der Waals surface area contributed by atoms with Gasteiger partial charge in [-0.3, -0.25) is 0 Å². The Hall–Kier alpha value is -1.30. The van der Waals surface area contributed by atoms with Crippen LogP contribution in [0.2, 0.25) is 0 Å². The predicted octanol–water partition coefficient (Wildman–Crippen LogP) is 0.153. The first-order valence-corrected chi connectivity index (χ1v) is 4.32. The number of thioether (sulfide) groups is 1. The lowest BCUT2D eigenvalue weighted by atomic mass is 10.5. The molecule has 1 aliphatic heterocycles. The molecule has 5 nitrogen and oxygen atoms in total. The maximum absolute atomic E-state index is 5.58. The molecule has 1 aliphatic rings. The first-order valence-electron chi connectivity index (χ1n) is 3.33. The topological polar surface area (TPSA) is 90.2 Å². The van der Waals surface area contributed by atoms with Crippen LogP contribution < -0.4 is 11.5 Å². The third kappa shape index (κ3) is 1.10. The summed E-state index contributed by atoms with van der Waals surface area (Å²) in [6.07, 6.45) is 1.43. The van der Waals surface area contributed by atoms with Crippen LogP contribution in [0.5, 0.6) is 0 Å². The molecule has 0 radical (unpaired) electrons. The summed E-state index contributed by atoms with van der Waals surface area (Å²) in [5.41, 5.74) is 11.7. The van der Waals surface area contributed by atoms with Crippen LogP contribution in [0, 0.1) is 0 Å². The Labute approximate surface area is 73.3 Å². The zero-order chi connectivity index (χ0) is 8.55. The van der Waals surface area contributed by atoms with Crippen LogP contribution >= 0.6 is 11.8 Å². The second-order valence-corrected chi connectivity index (χ2v) is 3.27. The number of hydrogen-bond acceptors (Lipinski definition) is 6. The van der Waals surface area contributed by atoms with Gasteiger partial charge in [-0.15, -0.1) is 0 Å². The van der Waals surface area contributed by atoms with E-state index in [-0.39, 0.29) is 0 Å². The lowest BCUT2D eigenvalue weighted by molar-refractivity contribution is 1.04. The molecule has 0 bridgehead atoms. The molecule has 0 saturated heterocycles. The van der Waals surface area contributed by atoms with E-state index in [1.807, 2.05) is 0 Å². The van der Waals surface area contributed by atoms with Gasteiger partial charge in [-0.25, -0.2) is 15.0 Å². The molecule has 12 heavy (non-hydrogen) atoms.